The standard InChI is InChI=1S/C19H21FN4O/c1-3-25-18-7-5-4-6-16(18)13-24-19(22-2)23-12-15-9-8-14(11-21)10-17(15)20/h4-10H,3,12-13H2,1-2H3,(H2,22,23,24). The van der Waals surface area contributed by atoms with Gasteiger partial charge in [0.25, 0.3) is 0 Å². The number of guanidine groups is 1. The van der Waals surface area contributed by atoms with Gasteiger partial charge < -0.3 is 15.4 Å². The van der Waals surface area contributed by atoms with Gasteiger partial charge in [0, 0.05) is 31.3 Å². The highest BCUT2D eigenvalue weighted by atomic mass is 19.1. The third-order valence-electron chi connectivity index (χ3n) is 3.57. The first-order valence-corrected chi connectivity index (χ1v) is 8.01. The molecule has 0 aliphatic carbocycles. The summed E-state index contributed by atoms with van der Waals surface area (Å²) < 4.78 is 19.5. The molecule has 0 aliphatic heterocycles. The molecule has 0 unspecified atom stereocenters. The Kier molecular flexibility index (Phi) is 6.78. The first-order valence-electron chi connectivity index (χ1n) is 8.01. The van der Waals surface area contributed by atoms with Gasteiger partial charge in [-0.1, -0.05) is 24.3 Å². The lowest BCUT2D eigenvalue weighted by atomic mass is 10.1. The van der Waals surface area contributed by atoms with Gasteiger partial charge in [-0.15, -0.1) is 0 Å². The number of benzene rings is 2. The highest BCUT2D eigenvalue weighted by Crippen LogP contribution is 2.17. The second-order valence-corrected chi connectivity index (χ2v) is 5.24. The third kappa shape index (κ3) is 5.21. The van der Waals surface area contributed by atoms with Crippen molar-refractivity contribution in [2.75, 3.05) is 13.7 Å². The van der Waals surface area contributed by atoms with E-state index in [-0.39, 0.29) is 6.54 Å². The van der Waals surface area contributed by atoms with Crippen LogP contribution in [0.1, 0.15) is 23.6 Å². The molecular formula is C19H21FN4O. The fraction of sp³-hybridized carbons (Fsp3) is 0.263. The van der Waals surface area contributed by atoms with Crippen molar-refractivity contribution in [3.63, 3.8) is 0 Å². The fourth-order valence-corrected chi connectivity index (χ4v) is 2.28. The Balaban J connectivity index is 1.95. The number of hydrogen-bond acceptors (Lipinski definition) is 3. The van der Waals surface area contributed by atoms with E-state index in [0.29, 0.717) is 30.2 Å². The molecule has 5 nitrogen and oxygen atoms in total. The van der Waals surface area contributed by atoms with E-state index in [1.807, 2.05) is 37.3 Å². The summed E-state index contributed by atoms with van der Waals surface area (Å²) in [5.74, 6) is 0.963. The zero-order valence-electron chi connectivity index (χ0n) is 14.3. The fourth-order valence-electron chi connectivity index (χ4n) is 2.28. The number of nitrogens with one attached hydrogen (secondary N) is 2. The minimum absolute atomic E-state index is 0.268. The molecule has 6 heteroatoms. The lowest BCUT2D eigenvalue weighted by Gasteiger charge is -2.14. The van der Waals surface area contributed by atoms with Gasteiger partial charge in [0.15, 0.2) is 5.96 Å². The van der Waals surface area contributed by atoms with Gasteiger partial charge in [-0.05, 0) is 25.1 Å². The van der Waals surface area contributed by atoms with Crippen LogP contribution in [0.3, 0.4) is 0 Å². The Hall–Kier alpha value is -3.07. The molecule has 2 aromatic rings. The summed E-state index contributed by atoms with van der Waals surface area (Å²) in [5, 5.41) is 15.0. The number of nitrogens with zero attached hydrogens (tertiary/aromatic N) is 2. The van der Waals surface area contributed by atoms with Crippen molar-refractivity contribution in [1.82, 2.24) is 10.6 Å². The predicted octanol–water partition coefficient (Wildman–Crippen LogP) is 2.96. The van der Waals surface area contributed by atoms with Crippen molar-refractivity contribution in [3.05, 3.63) is 65.0 Å². The highest BCUT2D eigenvalue weighted by Gasteiger charge is 2.06. The average Bonchev–Trinajstić information content (AvgIpc) is 2.64. The topological polar surface area (TPSA) is 69.4 Å². The third-order valence-corrected chi connectivity index (χ3v) is 3.57. The molecule has 0 radical (unpaired) electrons. The van der Waals surface area contributed by atoms with Crippen LogP contribution in [-0.2, 0) is 13.1 Å². The molecule has 2 N–H and O–H groups in total. The van der Waals surface area contributed by atoms with Crippen molar-refractivity contribution >= 4 is 5.96 Å². The second-order valence-electron chi connectivity index (χ2n) is 5.24. The van der Waals surface area contributed by atoms with Crippen molar-refractivity contribution in [3.8, 4) is 11.8 Å². The van der Waals surface area contributed by atoms with Crippen molar-refractivity contribution in [2.45, 2.75) is 20.0 Å². The molecule has 130 valence electrons. The molecule has 0 amide bonds. The van der Waals surface area contributed by atoms with Crippen LogP contribution in [0, 0.1) is 17.1 Å². The van der Waals surface area contributed by atoms with E-state index >= 15 is 0 Å². The van der Waals surface area contributed by atoms with Gasteiger partial charge in [0.05, 0.1) is 18.2 Å². The van der Waals surface area contributed by atoms with Gasteiger partial charge >= 0.3 is 0 Å². The van der Waals surface area contributed by atoms with Crippen LogP contribution >= 0.6 is 0 Å². The first kappa shape index (κ1) is 18.3. The molecule has 0 saturated heterocycles. The van der Waals surface area contributed by atoms with Crippen LogP contribution in [0.4, 0.5) is 4.39 Å². The smallest absolute Gasteiger partial charge is 0.191 e. The Morgan fingerprint density at radius 3 is 2.52 bits per heavy atom. The van der Waals surface area contributed by atoms with Gasteiger partial charge in [-0.2, -0.15) is 5.26 Å². The summed E-state index contributed by atoms with van der Waals surface area (Å²) >= 11 is 0. The highest BCUT2D eigenvalue weighted by molar-refractivity contribution is 5.79. The number of aliphatic imine (C=N–C) groups is 1. The molecule has 0 heterocycles. The number of halogens is 1. The Bertz CT molecular complexity index is 783. The number of rotatable bonds is 6. The predicted molar refractivity (Wildman–Crippen MR) is 95.8 cm³/mol. The van der Waals surface area contributed by atoms with E-state index in [1.165, 1.54) is 6.07 Å². The van der Waals surface area contributed by atoms with Crippen LogP contribution < -0.4 is 15.4 Å². The molecule has 0 aliphatic rings. The molecule has 0 fully saturated rings. The largest absolute Gasteiger partial charge is 0.494 e. The molecule has 2 aromatic carbocycles. The van der Waals surface area contributed by atoms with Gasteiger partial charge in [-0.3, -0.25) is 4.99 Å². The number of ether oxygens (including phenoxy) is 1. The summed E-state index contributed by atoms with van der Waals surface area (Å²) in [5.41, 5.74) is 1.78. The minimum Gasteiger partial charge on any atom is -0.494 e. The maximum Gasteiger partial charge on any atom is 0.191 e. The Labute approximate surface area is 147 Å². The molecule has 0 atom stereocenters. The molecule has 0 aromatic heterocycles. The maximum absolute atomic E-state index is 13.9. The van der Waals surface area contributed by atoms with Crippen molar-refractivity contribution < 1.29 is 9.13 Å². The van der Waals surface area contributed by atoms with E-state index in [0.717, 1.165) is 11.3 Å². The average molecular weight is 340 g/mol. The maximum atomic E-state index is 13.9. The SMILES string of the molecule is CCOc1ccccc1CNC(=NC)NCc1ccc(C#N)cc1F. The van der Waals surface area contributed by atoms with Crippen LogP contribution in [-0.4, -0.2) is 19.6 Å². The lowest BCUT2D eigenvalue weighted by molar-refractivity contribution is 0.336. The molecular weight excluding hydrogens is 319 g/mol. The first-order chi connectivity index (χ1) is 12.2. The summed E-state index contributed by atoms with van der Waals surface area (Å²) in [4.78, 5) is 4.14. The molecule has 0 spiro atoms. The monoisotopic (exact) mass is 340 g/mol. The summed E-state index contributed by atoms with van der Waals surface area (Å²) in [6, 6.07) is 14.1. The number of hydrogen-bond donors (Lipinski definition) is 2. The Morgan fingerprint density at radius 1 is 1.16 bits per heavy atom. The molecule has 25 heavy (non-hydrogen) atoms. The Morgan fingerprint density at radius 2 is 1.88 bits per heavy atom. The van der Waals surface area contributed by atoms with Crippen molar-refractivity contribution in [1.29, 1.82) is 5.26 Å². The van der Waals surface area contributed by atoms with Crippen LogP contribution in [0.15, 0.2) is 47.5 Å². The molecule has 0 bridgehead atoms. The van der Waals surface area contributed by atoms with E-state index in [9.17, 15) is 4.39 Å². The van der Waals surface area contributed by atoms with Gasteiger partial charge in [0.2, 0.25) is 0 Å². The van der Waals surface area contributed by atoms with Gasteiger partial charge in [-0.25, -0.2) is 4.39 Å². The summed E-state index contributed by atoms with van der Waals surface area (Å²) in [7, 11) is 1.65. The second kappa shape index (κ2) is 9.28. The zero-order valence-corrected chi connectivity index (χ0v) is 14.3. The van der Waals surface area contributed by atoms with E-state index in [2.05, 4.69) is 15.6 Å². The van der Waals surface area contributed by atoms with Gasteiger partial charge in [0.1, 0.15) is 11.6 Å². The van der Waals surface area contributed by atoms with Crippen LogP contribution in [0.5, 0.6) is 5.75 Å². The van der Waals surface area contributed by atoms with Crippen LogP contribution in [0.2, 0.25) is 0 Å². The summed E-state index contributed by atoms with van der Waals surface area (Å²) in [6.07, 6.45) is 0. The normalized spacial score (nSPS) is 10.9. The minimum atomic E-state index is -0.413. The summed E-state index contributed by atoms with van der Waals surface area (Å²) in [6.45, 7) is 3.34. The quantitative estimate of drug-likeness (QED) is 0.627. The van der Waals surface area contributed by atoms with Crippen LogP contribution in [0.25, 0.3) is 0 Å². The van der Waals surface area contributed by atoms with E-state index < -0.39 is 5.82 Å². The van der Waals surface area contributed by atoms with E-state index in [4.69, 9.17) is 10.00 Å². The van der Waals surface area contributed by atoms with E-state index in [1.54, 1.807) is 19.2 Å². The zero-order chi connectivity index (χ0) is 18.1. The number of para-hydroxylation sites is 1. The lowest BCUT2D eigenvalue weighted by Crippen LogP contribution is -2.36. The number of nitriles is 1. The van der Waals surface area contributed by atoms with Crippen molar-refractivity contribution in [2.24, 2.45) is 4.99 Å². The molecule has 0 saturated carbocycles. The molecule has 2 rings (SSSR count).